The largest absolute Gasteiger partial charge is 1.00 e. The van der Waals surface area contributed by atoms with Gasteiger partial charge in [0.1, 0.15) is 22.8 Å². The van der Waals surface area contributed by atoms with Gasteiger partial charge in [0.25, 0.3) is 11.8 Å². The van der Waals surface area contributed by atoms with Crippen LogP contribution in [0.1, 0.15) is 91.3 Å². The van der Waals surface area contributed by atoms with E-state index in [1.165, 1.54) is 25.8 Å². The first-order valence-corrected chi connectivity index (χ1v) is 21.6. The normalized spacial score (nSPS) is 9.09. The van der Waals surface area contributed by atoms with Crippen molar-refractivity contribution < 1.29 is 91.5 Å². The Morgan fingerprint density at radius 2 is 1.04 bits per heavy atom. The zero-order chi connectivity index (χ0) is 52.1. The SMILES string of the molecule is C.CCN(CC)CC.CCOC(=O)C(=O)Cl.CCOC(=O)NCC(=O)c1ccccn1.CCOC(=O)c1nnc(-c2ccccn2)o1.NCC(=O)c1ccccn1.O.O=C(O)c1nnc(-c2ccccn2)o1.[Li+].[OH-]. The Morgan fingerprint density at radius 3 is 1.36 bits per heavy atom. The fourth-order valence-electron chi connectivity index (χ4n) is 4.44. The predicted octanol–water partition coefficient (Wildman–Crippen LogP) is 1.67. The van der Waals surface area contributed by atoms with E-state index in [1.54, 1.807) is 112 Å². The number of amides is 1. The van der Waals surface area contributed by atoms with Gasteiger partial charge in [0.2, 0.25) is 0 Å². The smallest absolute Gasteiger partial charge is 0.870 e. The van der Waals surface area contributed by atoms with Crippen molar-refractivity contribution in [3.8, 4) is 23.2 Å². The Kier molecular flexibility index (Phi) is 43.3. The first-order chi connectivity index (χ1) is 33.7. The van der Waals surface area contributed by atoms with Gasteiger partial charge in [-0.15, -0.1) is 20.4 Å². The number of carboxylic acids is 1. The summed E-state index contributed by atoms with van der Waals surface area (Å²) in [6.45, 7) is 15.8. The van der Waals surface area contributed by atoms with Crippen molar-refractivity contribution in [1.82, 2.24) is 50.5 Å². The number of carboxylic acid groups (broad SMARTS) is 1. The number of aromatic nitrogens is 8. The third-order valence-corrected chi connectivity index (χ3v) is 7.94. The number of nitrogens with one attached hydrogen (secondary N) is 1. The molecular formula is C46H61ClLiN11O15. The number of hydrogen-bond acceptors (Lipinski definition) is 23. The molecule has 0 radical (unpaired) electrons. The number of aromatic carboxylic acids is 1. The molecule has 0 aromatic carbocycles. The average molecular weight is 1050 g/mol. The molecule has 0 atom stereocenters. The minimum Gasteiger partial charge on any atom is -0.870 e. The Bertz CT molecular complexity index is 2450. The zero-order valence-corrected chi connectivity index (χ0v) is 41.9. The number of carbonyl (C=O) groups excluding carboxylic acids is 6. The zero-order valence-electron chi connectivity index (χ0n) is 41.2. The summed E-state index contributed by atoms with van der Waals surface area (Å²) >= 11 is 4.69. The number of rotatable bonds is 16. The van der Waals surface area contributed by atoms with Crippen molar-refractivity contribution in [1.29, 1.82) is 0 Å². The summed E-state index contributed by atoms with van der Waals surface area (Å²) in [4.78, 5) is 92.7. The molecule has 0 aliphatic rings. The predicted molar refractivity (Wildman–Crippen MR) is 262 cm³/mol. The maximum Gasteiger partial charge on any atom is 1.00 e. The van der Waals surface area contributed by atoms with Gasteiger partial charge < -0.3 is 55.1 Å². The first kappa shape index (κ1) is 72.8. The van der Waals surface area contributed by atoms with Crippen LogP contribution in [0.15, 0.2) is 106 Å². The molecule has 74 heavy (non-hydrogen) atoms. The van der Waals surface area contributed by atoms with Crippen molar-refractivity contribution in [2.75, 3.05) is 52.5 Å². The molecule has 7 N–H and O–H groups in total. The van der Waals surface area contributed by atoms with Crippen molar-refractivity contribution >= 4 is 52.4 Å². The van der Waals surface area contributed by atoms with Crippen LogP contribution >= 0.6 is 11.6 Å². The van der Waals surface area contributed by atoms with Gasteiger partial charge in [-0.3, -0.25) is 34.3 Å². The molecule has 0 saturated carbocycles. The number of Topliss-reactive ketones (excluding diaryl/α,β-unsaturated/α-hetero) is 2. The molecular weight excluding hydrogens is 989 g/mol. The number of halogens is 1. The topological polar surface area (TPSA) is 400 Å². The van der Waals surface area contributed by atoms with Gasteiger partial charge in [-0.1, -0.05) is 52.5 Å². The van der Waals surface area contributed by atoms with E-state index >= 15 is 0 Å². The van der Waals surface area contributed by atoms with Crippen LogP contribution in [0.4, 0.5) is 4.79 Å². The van der Waals surface area contributed by atoms with E-state index in [0.29, 0.717) is 22.8 Å². The fraction of sp³-hybridized carbons (Fsp3) is 0.326. The number of ether oxygens (including phenoxy) is 3. The molecule has 0 spiro atoms. The molecule has 398 valence electrons. The van der Waals surface area contributed by atoms with Crippen LogP contribution in [-0.4, -0.2) is 155 Å². The monoisotopic (exact) mass is 1050 g/mol. The van der Waals surface area contributed by atoms with Crippen molar-refractivity contribution in [2.45, 2.75) is 49.0 Å². The van der Waals surface area contributed by atoms with Crippen LogP contribution in [0.3, 0.4) is 0 Å². The van der Waals surface area contributed by atoms with E-state index in [1.807, 2.05) is 0 Å². The van der Waals surface area contributed by atoms with E-state index < -0.39 is 35.1 Å². The fourth-order valence-corrected chi connectivity index (χ4v) is 4.49. The summed E-state index contributed by atoms with van der Waals surface area (Å²) in [7, 11) is 0. The van der Waals surface area contributed by atoms with Gasteiger partial charge >= 0.3 is 59.9 Å². The van der Waals surface area contributed by atoms with E-state index in [0.717, 1.165) is 0 Å². The van der Waals surface area contributed by atoms with E-state index in [-0.39, 0.29) is 99.4 Å². The summed E-state index contributed by atoms with van der Waals surface area (Å²) in [6.07, 6.45) is 5.66. The Morgan fingerprint density at radius 1 is 0.622 bits per heavy atom. The second-order valence-electron chi connectivity index (χ2n) is 12.4. The molecule has 0 bridgehead atoms. The van der Waals surface area contributed by atoms with Gasteiger partial charge in [-0.2, -0.15) is 0 Å². The summed E-state index contributed by atoms with van der Waals surface area (Å²) in [5.74, 6) is -3.55. The summed E-state index contributed by atoms with van der Waals surface area (Å²) in [6, 6.07) is 20.6. The number of hydrogen-bond donors (Lipinski definition) is 3. The summed E-state index contributed by atoms with van der Waals surface area (Å²) in [5.41, 5.74) is 6.85. The standard InChI is InChI=1S/C10H9N3O3.C10H12N2O3.C8H5N3O3.C7H8N2O.C6H15N.C4H5ClO3.CH4.Li.2H2O/c1-2-15-10(14)9-13-12-8(16-9)7-5-3-4-6-11-7;1-2-15-10(14)12-7-9(13)8-5-3-4-6-11-8;12-8(13)7-11-10-6(14-7)5-3-1-2-4-9-5;8-5-7(10)6-3-1-2-4-9-6;1-4-7(5-2)6-3;1-2-8-4(7)3(5)6;;;;/h3-6H,2H2,1H3;3-6H,2,7H2,1H3,(H,12,14);1-4H,(H,12,13);1-4H,5,8H2;4-6H2,1-3H3;2H2,1H3;1H4;;2*1H2/q;;;;;;;+1;;/p-1. The molecule has 0 aliphatic carbocycles. The molecule has 0 unspecified atom stereocenters. The Hall–Kier alpha value is -7.70. The molecule has 6 heterocycles. The Balaban J connectivity index is -0.000000402. The van der Waals surface area contributed by atoms with E-state index in [4.69, 9.17) is 36.0 Å². The van der Waals surface area contributed by atoms with Crippen molar-refractivity contribution in [3.63, 3.8) is 0 Å². The minimum atomic E-state index is -1.25. The van der Waals surface area contributed by atoms with Crippen LogP contribution in [0.25, 0.3) is 23.2 Å². The van der Waals surface area contributed by atoms with Crippen LogP contribution in [0.5, 0.6) is 0 Å². The van der Waals surface area contributed by atoms with Gasteiger partial charge in [-0.05, 0) is 101 Å². The molecule has 6 rings (SSSR count). The first-order valence-electron chi connectivity index (χ1n) is 21.2. The molecule has 0 fully saturated rings. The number of esters is 2. The molecule has 26 nitrogen and oxygen atoms in total. The van der Waals surface area contributed by atoms with Crippen LogP contribution in [-0.2, 0) is 23.8 Å². The van der Waals surface area contributed by atoms with Gasteiger partial charge in [-0.25, -0.2) is 19.2 Å². The van der Waals surface area contributed by atoms with Crippen LogP contribution in [0, 0.1) is 0 Å². The average Bonchev–Trinajstić information content (AvgIpc) is 4.11. The molecule has 6 aromatic heterocycles. The molecule has 6 aromatic rings. The van der Waals surface area contributed by atoms with Gasteiger partial charge in [0.15, 0.2) is 11.6 Å². The minimum absolute atomic E-state index is 0. The summed E-state index contributed by atoms with van der Waals surface area (Å²) < 4.78 is 23.5. The van der Waals surface area contributed by atoms with Gasteiger partial charge in [0.05, 0.1) is 32.9 Å². The Labute approximate surface area is 444 Å². The molecule has 28 heteroatoms. The number of nitrogens with zero attached hydrogens (tertiary/aromatic N) is 9. The van der Waals surface area contributed by atoms with E-state index in [2.05, 4.69) is 80.8 Å². The molecule has 0 aliphatic heterocycles. The summed E-state index contributed by atoms with van der Waals surface area (Å²) in [5, 5.41) is 24.0. The maximum atomic E-state index is 11.4. The number of pyridine rings is 4. The van der Waals surface area contributed by atoms with Crippen molar-refractivity contribution in [2.24, 2.45) is 5.73 Å². The van der Waals surface area contributed by atoms with E-state index in [9.17, 15) is 33.6 Å². The number of nitrogens with two attached hydrogens (primary N) is 1. The second kappa shape index (κ2) is 44.0. The van der Waals surface area contributed by atoms with Crippen molar-refractivity contribution in [3.05, 3.63) is 121 Å². The second-order valence-corrected chi connectivity index (χ2v) is 12.8. The molecule has 1 amide bonds. The third kappa shape index (κ3) is 30.2. The number of carbonyl (C=O) groups is 7. The number of ketones is 2. The van der Waals surface area contributed by atoms with Crippen LogP contribution in [0.2, 0.25) is 0 Å². The molecule has 0 saturated heterocycles. The third-order valence-electron chi connectivity index (χ3n) is 7.78. The number of alkyl carbamates (subject to hydrolysis) is 1. The van der Waals surface area contributed by atoms with Gasteiger partial charge in [0, 0.05) is 24.8 Å². The maximum absolute atomic E-state index is 11.4. The van der Waals surface area contributed by atoms with Crippen LogP contribution < -0.4 is 29.9 Å². The quantitative estimate of drug-likeness (QED) is 0.0310.